The summed E-state index contributed by atoms with van der Waals surface area (Å²) >= 11 is 0. The van der Waals surface area contributed by atoms with E-state index in [1.807, 2.05) is 30.3 Å². The van der Waals surface area contributed by atoms with Crippen molar-refractivity contribution in [3.05, 3.63) is 89.5 Å². The molecule has 8 heteroatoms. The summed E-state index contributed by atoms with van der Waals surface area (Å²) < 4.78 is 37.5. The Balaban J connectivity index is 1.40. The lowest BCUT2D eigenvalue weighted by Crippen LogP contribution is -2.35. The van der Waals surface area contributed by atoms with Crippen LogP contribution in [0.15, 0.2) is 82.7 Å². The summed E-state index contributed by atoms with van der Waals surface area (Å²) in [5.74, 6) is 0.101. The van der Waals surface area contributed by atoms with E-state index in [1.54, 1.807) is 42.6 Å². The fourth-order valence-electron chi connectivity index (χ4n) is 3.53. The second-order valence-electron chi connectivity index (χ2n) is 7.54. The van der Waals surface area contributed by atoms with Crippen molar-refractivity contribution in [3.63, 3.8) is 0 Å². The predicted octanol–water partition coefficient (Wildman–Crippen LogP) is 3.74. The lowest BCUT2D eigenvalue weighted by Gasteiger charge is -2.28. The zero-order valence-corrected chi connectivity index (χ0v) is 19.0. The Kier molecular flexibility index (Phi) is 6.86. The lowest BCUT2D eigenvalue weighted by atomic mass is 10.0. The highest BCUT2D eigenvalue weighted by atomic mass is 32.2. The van der Waals surface area contributed by atoms with E-state index >= 15 is 0 Å². The van der Waals surface area contributed by atoms with Crippen molar-refractivity contribution in [2.24, 2.45) is 4.99 Å². The number of fused-ring (bicyclic) bond motifs is 1. The molecule has 0 bridgehead atoms. The van der Waals surface area contributed by atoms with Crippen molar-refractivity contribution in [2.75, 3.05) is 20.3 Å². The predicted molar refractivity (Wildman–Crippen MR) is 125 cm³/mol. The molecule has 0 radical (unpaired) electrons. The first kappa shape index (κ1) is 22.7. The first-order valence-electron chi connectivity index (χ1n) is 10.5. The molecular formula is C25H24N2O5S. The van der Waals surface area contributed by atoms with Crippen molar-refractivity contribution < 1.29 is 22.7 Å². The van der Waals surface area contributed by atoms with Crippen molar-refractivity contribution in [1.82, 2.24) is 4.31 Å². The zero-order valence-electron chi connectivity index (χ0n) is 18.2. The van der Waals surface area contributed by atoms with E-state index in [2.05, 4.69) is 15.8 Å². The number of hydrogen-bond acceptors (Lipinski definition) is 6. The van der Waals surface area contributed by atoms with Gasteiger partial charge in [-0.2, -0.15) is 4.31 Å². The third kappa shape index (κ3) is 5.47. The van der Waals surface area contributed by atoms with E-state index in [-0.39, 0.29) is 11.5 Å². The first-order valence-corrected chi connectivity index (χ1v) is 11.9. The van der Waals surface area contributed by atoms with Crippen molar-refractivity contribution in [2.45, 2.75) is 17.9 Å². The van der Waals surface area contributed by atoms with Gasteiger partial charge < -0.3 is 9.47 Å². The summed E-state index contributed by atoms with van der Waals surface area (Å²) in [6.07, 6.45) is 2.39. The largest absolute Gasteiger partial charge is 0.482 e. The van der Waals surface area contributed by atoms with Crippen molar-refractivity contribution >= 4 is 27.9 Å². The molecule has 0 fully saturated rings. The van der Waals surface area contributed by atoms with Gasteiger partial charge in [-0.1, -0.05) is 24.3 Å². The third-order valence-electron chi connectivity index (χ3n) is 5.40. The number of benzene rings is 3. The summed E-state index contributed by atoms with van der Waals surface area (Å²) in [4.78, 5) is 15.8. The summed E-state index contributed by atoms with van der Waals surface area (Å²) in [7, 11) is -2.27. The van der Waals surface area contributed by atoms with Gasteiger partial charge in [0.15, 0.2) is 6.61 Å². The van der Waals surface area contributed by atoms with Gasteiger partial charge in [0, 0.05) is 19.3 Å². The minimum atomic E-state index is -3.57. The average molecular weight is 465 g/mol. The molecule has 1 heterocycles. The van der Waals surface area contributed by atoms with E-state index < -0.39 is 16.0 Å². The number of rotatable bonds is 7. The number of hydrogen-bond donors (Lipinski definition) is 0. The molecule has 0 N–H and O–H groups in total. The van der Waals surface area contributed by atoms with Crippen LogP contribution in [0.3, 0.4) is 0 Å². The summed E-state index contributed by atoms with van der Waals surface area (Å²) in [6, 6.07) is 21.6. The van der Waals surface area contributed by atoms with Gasteiger partial charge in [0.25, 0.3) is 0 Å². The highest BCUT2D eigenvalue weighted by molar-refractivity contribution is 7.89. The minimum absolute atomic E-state index is 0.150. The maximum atomic E-state index is 13.1. The molecule has 4 rings (SSSR count). The molecule has 1 aliphatic heterocycles. The van der Waals surface area contributed by atoms with Gasteiger partial charge in [0.1, 0.15) is 5.75 Å². The standard InChI is InChI=1S/C25H24N2O5S/c1-31-25(28)18-32-23-10-6-19(7-11-23)16-26-22-8-12-24(13-9-22)33(29,30)27-15-14-20-4-2-3-5-21(20)17-27/h2-13,16H,14-15,17-18H2,1H3. The smallest absolute Gasteiger partial charge is 0.343 e. The number of aliphatic imine (C=N–C) groups is 1. The normalized spacial score (nSPS) is 14.1. The molecule has 0 saturated carbocycles. The van der Waals surface area contributed by atoms with E-state index in [4.69, 9.17) is 4.74 Å². The van der Waals surface area contributed by atoms with Crippen LogP contribution in [0.25, 0.3) is 0 Å². The molecule has 3 aromatic carbocycles. The fraction of sp³-hybridized carbons (Fsp3) is 0.200. The molecule has 0 saturated heterocycles. The van der Waals surface area contributed by atoms with E-state index in [1.165, 1.54) is 17.0 Å². The summed E-state index contributed by atoms with van der Waals surface area (Å²) in [5, 5.41) is 0. The van der Waals surface area contributed by atoms with Crippen LogP contribution in [0.4, 0.5) is 5.69 Å². The Morgan fingerprint density at radius 3 is 2.39 bits per heavy atom. The van der Waals surface area contributed by atoms with Crippen LogP contribution >= 0.6 is 0 Å². The van der Waals surface area contributed by atoms with Gasteiger partial charge >= 0.3 is 5.97 Å². The molecule has 170 valence electrons. The first-order chi connectivity index (χ1) is 16.0. The molecule has 3 aromatic rings. The van der Waals surface area contributed by atoms with Gasteiger partial charge in [-0.05, 0) is 71.6 Å². The van der Waals surface area contributed by atoms with Crippen LogP contribution in [-0.4, -0.2) is 45.2 Å². The van der Waals surface area contributed by atoms with Crippen LogP contribution in [0.1, 0.15) is 16.7 Å². The fourth-order valence-corrected chi connectivity index (χ4v) is 4.95. The van der Waals surface area contributed by atoms with Crippen LogP contribution < -0.4 is 4.74 Å². The number of carbonyl (C=O) groups excluding carboxylic acids is 1. The van der Waals surface area contributed by atoms with Crippen LogP contribution in [0.2, 0.25) is 0 Å². The third-order valence-corrected chi connectivity index (χ3v) is 7.26. The molecular weight excluding hydrogens is 440 g/mol. The second kappa shape index (κ2) is 9.97. The Labute approximate surface area is 193 Å². The highest BCUT2D eigenvalue weighted by Gasteiger charge is 2.28. The van der Waals surface area contributed by atoms with Gasteiger partial charge in [0.05, 0.1) is 17.7 Å². The maximum Gasteiger partial charge on any atom is 0.343 e. The maximum absolute atomic E-state index is 13.1. The molecule has 0 spiro atoms. The summed E-state index contributed by atoms with van der Waals surface area (Å²) in [5.41, 5.74) is 3.74. The SMILES string of the molecule is COC(=O)COc1ccc(C=Nc2ccc(S(=O)(=O)N3CCc4ccccc4C3)cc2)cc1. The molecule has 0 aliphatic carbocycles. The Bertz CT molecular complexity index is 1250. The van der Waals surface area contributed by atoms with Gasteiger partial charge in [-0.3, -0.25) is 4.99 Å². The molecule has 0 unspecified atom stereocenters. The number of esters is 1. The lowest BCUT2D eigenvalue weighted by molar-refractivity contribution is -0.142. The van der Waals surface area contributed by atoms with Crippen LogP contribution in [0.5, 0.6) is 5.75 Å². The molecule has 0 aromatic heterocycles. The molecule has 33 heavy (non-hydrogen) atoms. The summed E-state index contributed by atoms with van der Waals surface area (Å²) in [6.45, 7) is 0.708. The van der Waals surface area contributed by atoms with Gasteiger partial charge in [-0.15, -0.1) is 0 Å². The monoisotopic (exact) mass is 464 g/mol. The number of nitrogens with zero attached hydrogens (tertiary/aromatic N) is 2. The van der Waals surface area contributed by atoms with E-state index in [9.17, 15) is 13.2 Å². The van der Waals surface area contributed by atoms with Gasteiger partial charge in [0.2, 0.25) is 10.0 Å². The number of sulfonamides is 1. The number of carbonyl (C=O) groups is 1. The molecule has 0 amide bonds. The second-order valence-corrected chi connectivity index (χ2v) is 9.48. The van der Waals surface area contributed by atoms with Gasteiger partial charge in [-0.25, -0.2) is 13.2 Å². The Hall–Kier alpha value is -3.49. The average Bonchev–Trinajstić information content (AvgIpc) is 2.86. The van der Waals surface area contributed by atoms with Crippen molar-refractivity contribution in [3.8, 4) is 5.75 Å². The van der Waals surface area contributed by atoms with Crippen LogP contribution in [0, 0.1) is 0 Å². The highest BCUT2D eigenvalue weighted by Crippen LogP contribution is 2.26. The number of methoxy groups -OCH3 is 1. The minimum Gasteiger partial charge on any atom is -0.482 e. The molecule has 7 nitrogen and oxygen atoms in total. The van der Waals surface area contributed by atoms with E-state index in [0.29, 0.717) is 30.9 Å². The zero-order chi connectivity index (χ0) is 23.3. The van der Waals surface area contributed by atoms with Crippen LogP contribution in [-0.2, 0) is 32.5 Å². The Morgan fingerprint density at radius 2 is 1.70 bits per heavy atom. The molecule has 1 aliphatic rings. The van der Waals surface area contributed by atoms with Crippen molar-refractivity contribution in [1.29, 1.82) is 0 Å². The topological polar surface area (TPSA) is 85.3 Å². The Morgan fingerprint density at radius 1 is 1.00 bits per heavy atom. The quantitative estimate of drug-likeness (QED) is 0.393. The number of ether oxygens (including phenoxy) is 2. The van der Waals surface area contributed by atoms with E-state index in [0.717, 1.165) is 11.1 Å². The molecule has 0 atom stereocenters.